The molecule has 0 aliphatic carbocycles. The van der Waals surface area contributed by atoms with Crippen LogP contribution >= 0.6 is 39.5 Å². The van der Waals surface area contributed by atoms with Crippen LogP contribution in [0.25, 0.3) is 0 Å². The number of hydrogen-bond acceptors (Lipinski definition) is 5. The molecule has 7 heteroatoms. The second kappa shape index (κ2) is 7.01. The van der Waals surface area contributed by atoms with E-state index in [0.717, 1.165) is 24.9 Å². The standard InChI is InChI=1S/C13H12BrN3OS2/c1-19-9-3-2-4-10(12(9)13(15)17-18)20-11-6-5-8(14)7-16-11/h2-7,18H,1H3,(H2,15,17). The second-order valence-electron chi connectivity index (χ2n) is 3.74. The molecular weight excluding hydrogens is 358 g/mol. The van der Waals surface area contributed by atoms with E-state index in [1.54, 1.807) is 18.0 Å². The summed E-state index contributed by atoms with van der Waals surface area (Å²) >= 11 is 6.39. The third-order valence-corrected chi connectivity index (χ3v) is 4.75. The number of halogens is 1. The summed E-state index contributed by atoms with van der Waals surface area (Å²) in [6.45, 7) is 0. The van der Waals surface area contributed by atoms with Gasteiger partial charge in [-0.2, -0.15) is 0 Å². The van der Waals surface area contributed by atoms with Gasteiger partial charge in [0, 0.05) is 26.0 Å². The number of pyridine rings is 1. The summed E-state index contributed by atoms with van der Waals surface area (Å²) in [5.41, 5.74) is 6.53. The molecule has 0 saturated carbocycles. The van der Waals surface area contributed by atoms with Gasteiger partial charge in [0.2, 0.25) is 0 Å². The van der Waals surface area contributed by atoms with Crippen LogP contribution in [0.1, 0.15) is 5.56 Å². The van der Waals surface area contributed by atoms with E-state index in [4.69, 9.17) is 10.9 Å². The van der Waals surface area contributed by atoms with Crippen LogP contribution in [0.5, 0.6) is 0 Å². The van der Waals surface area contributed by atoms with Gasteiger partial charge in [0.15, 0.2) is 5.84 Å². The molecule has 3 N–H and O–H groups in total. The molecule has 2 aromatic rings. The van der Waals surface area contributed by atoms with Gasteiger partial charge in [-0.25, -0.2) is 4.98 Å². The van der Waals surface area contributed by atoms with E-state index in [-0.39, 0.29) is 5.84 Å². The Morgan fingerprint density at radius 2 is 2.05 bits per heavy atom. The van der Waals surface area contributed by atoms with Crippen molar-refractivity contribution in [2.75, 3.05) is 6.26 Å². The van der Waals surface area contributed by atoms with Gasteiger partial charge in [-0.05, 0) is 46.5 Å². The van der Waals surface area contributed by atoms with Crippen molar-refractivity contribution in [3.8, 4) is 0 Å². The zero-order chi connectivity index (χ0) is 14.5. The van der Waals surface area contributed by atoms with Crippen molar-refractivity contribution >= 4 is 45.3 Å². The highest BCUT2D eigenvalue weighted by molar-refractivity contribution is 9.10. The van der Waals surface area contributed by atoms with Crippen LogP contribution < -0.4 is 5.73 Å². The number of benzene rings is 1. The molecule has 0 unspecified atom stereocenters. The molecule has 0 amide bonds. The zero-order valence-corrected chi connectivity index (χ0v) is 13.8. The number of thioether (sulfide) groups is 1. The second-order valence-corrected chi connectivity index (χ2v) is 6.56. The lowest BCUT2D eigenvalue weighted by Gasteiger charge is -2.11. The highest BCUT2D eigenvalue weighted by atomic mass is 79.9. The maximum Gasteiger partial charge on any atom is 0.172 e. The first-order valence-electron chi connectivity index (χ1n) is 5.60. The third-order valence-electron chi connectivity index (χ3n) is 2.49. The summed E-state index contributed by atoms with van der Waals surface area (Å²) < 4.78 is 0.927. The highest BCUT2D eigenvalue weighted by Gasteiger charge is 2.13. The number of oxime groups is 1. The number of amidine groups is 1. The predicted molar refractivity (Wildman–Crippen MR) is 86.8 cm³/mol. The predicted octanol–water partition coefficient (Wildman–Crippen LogP) is 3.81. The first-order valence-corrected chi connectivity index (χ1v) is 8.43. The molecule has 0 fully saturated rings. The minimum absolute atomic E-state index is 0.106. The minimum atomic E-state index is 0.106. The van der Waals surface area contributed by atoms with Crippen molar-refractivity contribution in [2.45, 2.75) is 14.8 Å². The van der Waals surface area contributed by atoms with Gasteiger partial charge in [-0.3, -0.25) is 0 Å². The molecule has 2 rings (SSSR count). The normalized spacial score (nSPS) is 11.6. The molecule has 104 valence electrons. The molecular formula is C13H12BrN3OS2. The van der Waals surface area contributed by atoms with Gasteiger partial charge in [0.25, 0.3) is 0 Å². The van der Waals surface area contributed by atoms with Gasteiger partial charge in [-0.15, -0.1) is 11.8 Å². The first-order chi connectivity index (χ1) is 9.65. The van der Waals surface area contributed by atoms with Gasteiger partial charge >= 0.3 is 0 Å². The summed E-state index contributed by atoms with van der Waals surface area (Å²) in [5, 5.41) is 12.9. The number of aromatic nitrogens is 1. The van der Waals surface area contributed by atoms with Crippen molar-refractivity contribution in [1.82, 2.24) is 4.98 Å². The van der Waals surface area contributed by atoms with Crippen molar-refractivity contribution in [3.05, 3.63) is 46.6 Å². The Kier molecular flexibility index (Phi) is 5.33. The van der Waals surface area contributed by atoms with Crippen molar-refractivity contribution in [2.24, 2.45) is 10.9 Å². The lowest BCUT2D eigenvalue weighted by molar-refractivity contribution is 0.318. The minimum Gasteiger partial charge on any atom is -0.409 e. The SMILES string of the molecule is CSc1cccc(Sc2ccc(Br)cn2)c1/C(N)=N/O. The average Bonchev–Trinajstić information content (AvgIpc) is 2.48. The summed E-state index contributed by atoms with van der Waals surface area (Å²) in [7, 11) is 0. The van der Waals surface area contributed by atoms with Gasteiger partial charge in [0.05, 0.1) is 0 Å². The van der Waals surface area contributed by atoms with Gasteiger partial charge in [0.1, 0.15) is 5.03 Å². The number of nitrogens with two attached hydrogens (primary N) is 1. The van der Waals surface area contributed by atoms with Crippen LogP contribution in [0.3, 0.4) is 0 Å². The Labute approximate surface area is 134 Å². The summed E-state index contributed by atoms with van der Waals surface area (Å²) in [5.74, 6) is 0.106. The number of hydrogen-bond donors (Lipinski definition) is 2. The Balaban J connectivity index is 2.43. The molecule has 0 saturated heterocycles. The first kappa shape index (κ1) is 15.2. The Morgan fingerprint density at radius 1 is 1.30 bits per heavy atom. The van der Waals surface area contributed by atoms with Crippen LogP contribution in [0, 0.1) is 0 Å². The van der Waals surface area contributed by atoms with Crippen LogP contribution in [0.15, 0.2) is 61.0 Å². The zero-order valence-electron chi connectivity index (χ0n) is 10.6. The largest absolute Gasteiger partial charge is 0.409 e. The van der Waals surface area contributed by atoms with Gasteiger partial charge < -0.3 is 10.9 Å². The fourth-order valence-corrected chi connectivity index (χ4v) is 3.47. The lowest BCUT2D eigenvalue weighted by Crippen LogP contribution is -2.15. The maximum absolute atomic E-state index is 8.96. The molecule has 0 atom stereocenters. The molecule has 20 heavy (non-hydrogen) atoms. The molecule has 1 aromatic carbocycles. The Bertz CT molecular complexity index is 632. The molecule has 0 radical (unpaired) electrons. The van der Waals surface area contributed by atoms with E-state index in [0.29, 0.717) is 0 Å². The van der Waals surface area contributed by atoms with Crippen molar-refractivity contribution < 1.29 is 5.21 Å². The smallest absolute Gasteiger partial charge is 0.172 e. The molecule has 0 aliphatic rings. The Morgan fingerprint density at radius 3 is 2.65 bits per heavy atom. The van der Waals surface area contributed by atoms with Crippen molar-refractivity contribution in [1.29, 1.82) is 0 Å². The molecule has 1 aromatic heterocycles. The van der Waals surface area contributed by atoms with E-state index in [9.17, 15) is 0 Å². The van der Waals surface area contributed by atoms with Crippen LogP contribution in [0.2, 0.25) is 0 Å². The van der Waals surface area contributed by atoms with E-state index in [1.807, 2.05) is 36.6 Å². The topological polar surface area (TPSA) is 71.5 Å². The molecule has 0 bridgehead atoms. The number of nitrogens with zero attached hydrogens (tertiary/aromatic N) is 2. The van der Waals surface area contributed by atoms with E-state index in [1.165, 1.54) is 11.8 Å². The van der Waals surface area contributed by atoms with E-state index < -0.39 is 0 Å². The monoisotopic (exact) mass is 369 g/mol. The van der Waals surface area contributed by atoms with E-state index >= 15 is 0 Å². The lowest BCUT2D eigenvalue weighted by atomic mass is 10.2. The quantitative estimate of drug-likeness (QED) is 0.282. The average molecular weight is 370 g/mol. The van der Waals surface area contributed by atoms with Crippen LogP contribution in [-0.2, 0) is 0 Å². The van der Waals surface area contributed by atoms with Crippen LogP contribution in [-0.4, -0.2) is 22.3 Å². The molecule has 4 nitrogen and oxygen atoms in total. The summed E-state index contributed by atoms with van der Waals surface area (Å²) in [4.78, 5) is 6.19. The molecule has 1 heterocycles. The maximum atomic E-state index is 8.96. The molecule has 0 aliphatic heterocycles. The van der Waals surface area contributed by atoms with Gasteiger partial charge in [-0.1, -0.05) is 23.0 Å². The summed E-state index contributed by atoms with van der Waals surface area (Å²) in [6.07, 6.45) is 3.69. The van der Waals surface area contributed by atoms with E-state index in [2.05, 4.69) is 26.1 Å². The highest BCUT2D eigenvalue weighted by Crippen LogP contribution is 2.34. The fraction of sp³-hybridized carbons (Fsp3) is 0.0769. The molecule has 0 spiro atoms. The third kappa shape index (κ3) is 3.47. The summed E-state index contributed by atoms with van der Waals surface area (Å²) in [6, 6.07) is 9.66. The fourth-order valence-electron chi connectivity index (χ4n) is 1.60. The van der Waals surface area contributed by atoms with Crippen molar-refractivity contribution in [3.63, 3.8) is 0 Å². The number of rotatable bonds is 4. The Hall–Kier alpha value is -1.18. The van der Waals surface area contributed by atoms with Crippen LogP contribution in [0.4, 0.5) is 0 Å².